The molecular formula is C12H20O3Si. The van der Waals surface area contributed by atoms with E-state index in [4.69, 9.17) is 9.16 Å². The number of methoxy groups -OCH3 is 1. The van der Waals surface area contributed by atoms with Gasteiger partial charge < -0.3 is 14.3 Å². The molecule has 0 spiro atoms. The predicted molar refractivity (Wildman–Crippen MR) is 67.5 cm³/mol. The fraction of sp³-hybridized carbons (Fsp3) is 0.500. The van der Waals surface area contributed by atoms with Crippen LogP contribution in [0.3, 0.4) is 0 Å². The summed E-state index contributed by atoms with van der Waals surface area (Å²) in [7, 11) is 0.0741. The molecule has 16 heavy (non-hydrogen) atoms. The Bertz CT molecular complexity index is 313. The molecule has 0 aliphatic heterocycles. The zero-order valence-corrected chi connectivity index (χ0v) is 11.3. The van der Waals surface area contributed by atoms with E-state index in [-0.39, 0.29) is 6.29 Å². The van der Waals surface area contributed by atoms with Gasteiger partial charge in [0, 0.05) is 12.3 Å². The maximum Gasteiger partial charge on any atom is 0.215 e. The van der Waals surface area contributed by atoms with Crippen molar-refractivity contribution in [1.29, 1.82) is 0 Å². The van der Waals surface area contributed by atoms with Crippen LogP contribution in [-0.2, 0) is 9.16 Å². The van der Waals surface area contributed by atoms with Gasteiger partial charge in [0.25, 0.3) is 0 Å². The second kappa shape index (κ2) is 6.68. The molecule has 0 aliphatic rings. The second-order valence-corrected chi connectivity index (χ2v) is 6.35. The van der Waals surface area contributed by atoms with Crippen molar-refractivity contribution < 1.29 is 14.3 Å². The van der Waals surface area contributed by atoms with E-state index in [0.717, 1.165) is 17.7 Å². The number of aromatic hydroxyl groups is 1. The summed E-state index contributed by atoms with van der Waals surface area (Å²) in [6.07, 6.45) is 0.671. The van der Waals surface area contributed by atoms with Crippen molar-refractivity contribution in [1.82, 2.24) is 0 Å². The van der Waals surface area contributed by atoms with Gasteiger partial charge >= 0.3 is 0 Å². The Morgan fingerprint density at radius 2 is 2.00 bits per heavy atom. The van der Waals surface area contributed by atoms with E-state index >= 15 is 0 Å². The maximum absolute atomic E-state index is 9.78. The third-order valence-corrected chi connectivity index (χ3v) is 5.12. The molecule has 4 heteroatoms. The fourth-order valence-corrected chi connectivity index (χ4v) is 3.85. The number of para-hydroxylation sites is 1. The molecule has 2 atom stereocenters. The van der Waals surface area contributed by atoms with E-state index in [2.05, 4.69) is 6.92 Å². The molecule has 0 bridgehead atoms. The molecule has 1 N–H and O–H groups in total. The first-order chi connectivity index (χ1) is 7.72. The Balaban J connectivity index is 2.78. The standard InChI is InChI=1S/C12H20O3Si/c1-4-12(14-3)15-16(5-2)11-9-7-6-8-10(11)13/h6-9,12-13,16H,4-5H2,1-3H3. The Labute approximate surface area is 98.7 Å². The van der Waals surface area contributed by atoms with Crippen LogP contribution in [0.5, 0.6) is 5.75 Å². The van der Waals surface area contributed by atoms with Crippen LogP contribution in [0, 0.1) is 0 Å². The van der Waals surface area contributed by atoms with E-state index in [1.165, 1.54) is 0 Å². The molecule has 0 aliphatic carbocycles. The van der Waals surface area contributed by atoms with Gasteiger partial charge in [0.1, 0.15) is 12.0 Å². The number of phenols is 1. The minimum Gasteiger partial charge on any atom is -0.508 e. The zero-order valence-electron chi connectivity index (χ0n) is 10.1. The van der Waals surface area contributed by atoms with Crippen LogP contribution in [0.15, 0.2) is 24.3 Å². The maximum atomic E-state index is 9.78. The average molecular weight is 240 g/mol. The topological polar surface area (TPSA) is 38.7 Å². The number of phenolic OH excluding ortho intramolecular Hbond substituents is 1. The molecule has 0 saturated heterocycles. The van der Waals surface area contributed by atoms with Crippen molar-refractivity contribution in [2.75, 3.05) is 7.11 Å². The smallest absolute Gasteiger partial charge is 0.215 e. The van der Waals surface area contributed by atoms with Crippen LogP contribution in [0.1, 0.15) is 20.3 Å². The highest BCUT2D eigenvalue weighted by Crippen LogP contribution is 2.11. The first-order valence-electron chi connectivity index (χ1n) is 5.69. The van der Waals surface area contributed by atoms with Gasteiger partial charge in [-0.2, -0.15) is 0 Å². The van der Waals surface area contributed by atoms with Gasteiger partial charge in [-0.1, -0.05) is 32.0 Å². The van der Waals surface area contributed by atoms with Gasteiger partial charge in [0.2, 0.25) is 9.04 Å². The van der Waals surface area contributed by atoms with E-state index in [9.17, 15) is 5.11 Å². The summed E-state index contributed by atoms with van der Waals surface area (Å²) in [4.78, 5) is 0. The fourth-order valence-electron chi connectivity index (χ4n) is 1.65. The minimum absolute atomic E-state index is 0.156. The van der Waals surface area contributed by atoms with Crippen molar-refractivity contribution >= 4 is 14.2 Å². The molecule has 0 radical (unpaired) electrons. The molecule has 2 unspecified atom stereocenters. The zero-order chi connectivity index (χ0) is 12.0. The SMILES string of the molecule is CCC(OC)O[SiH](CC)c1ccccc1O. The lowest BCUT2D eigenvalue weighted by atomic mass is 10.3. The normalized spacial score (nSPS) is 14.7. The van der Waals surface area contributed by atoms with Crippen molar-refractivity contribution in [2.45, 2.75) is 32.6 Å². The molecule has 1 rings (SSSR count). The largest absolute Gasteiger partial charge is 0.508 e. The van der Waals surface area contributed by atoms with Gasteiger partial charge in [-0.25, -0.2) is 0 Å². The Kier molecular flexibility index (Phi) is 5.52. The number of hydrogen-bond acceptors (Lipinski definition) is 3. The van der Waals surface area contributed by atoms with Crippen LogP contribution < -0.4 is 5.19 Å². The van der Waals surface area contributed by atoms with Crippen molar-refractivity contribution in [3.8, 4) is 5.75 Å². The van der Waals surface area contributed by atoms with Crippen LogP contribution in [0.2, 0.25) is 6.04 Å². The lowest BCUT2D eigenvalue weighted by molar-refractivity contribution is -0.0564. The summed E-state index contributed by atoms with van der Waals surface area (Å²) in [6, 6.07) is 8.35. The van der Waals surface area contributed by atoms with Crippen LogP contribution >= 0.6 is 0 Å². The average Bonchev–Trinajstić information content (AvgIpc) is 2.32. The number of benzene rings is 1. The third-order valence-electron chi connectivity index (χ3n) is 2.57. The summed E-state index contributed by atoms with van der Waals surface area (Å²) in [6.45, 7) is 4.12. The minimum atomic E-state index is -1.58. The van der Waals surface area contributed by atoms with Gasteiger partial charge in [-0.05, 0) is 18.5 Å². The van der Waals surface area contributed by atoms with Gasteiger partial charge in [0.15, 0.2) is 0 Å². The van der Waals surface area contributed by atoms with E-state index in [1.807, 2.05) is 25.1 Å². The quantitative estimate of drug-likeness (QED) is 0.608. The highest BCUT2D eigenvalue weighted by Gasteiger charge is 2.19. The molecule has 0 saturated carbocycles. The molecule has 0 fully saturated rings. The Hall–Kier alpha value is -0.843. The van der Waals surface area contributed by atoms with Gasteiger partial charge in [0.05, 0.1) is 0 Å². The Morgan fingerprint density at radius 3 is 2.50 bits per heavy atom. The number of hydrogen-bond donors (Lipinski definition) is 1. The van der Waals surface area contributed by atoms with Crippen molar-refractivity contribution in [2.24, 2.45) is 0 Å². The van der Waals surface area contributed by atoms with Crippen LogP contribution in [-0.4, -0.2) is 27.5 Å². The summed E-state index contributed by atoms with van der Waals surface area (Å²) in [5.41, 5.74) is 0. The predicted octanol–water partition coefficient (Wildman–Crippen LogP) is 1.74. The summed E-state index contributed by atoms with van der Waals surface area (Å²) in [5, 5.41) is 10.7. The lowest BCUT2D eigenvalue weighted by Crippen LogP contribution is -2.37. The summed E-state index contributed by atoms with van der Waals surface area (Å²) < 4.78 is 11.1. The summed E-state index contributed by atoms with van der Waals surface area (Å²) >= 11 is 0. The highest BCUT2D eigenvalue weighted by molar-refractivity contribution is 6.68. The monoisotopic (exact) mass is 240 g/mol. The molecule has 0 aromatic heterocycles. The van der Waals surface area contributed by atoms with Gasteiger partial charge in [-0.3, -0.25) is 0 Å². The Morgan fingerprint density at radius 1 is 1.31 bits per heavy atom. The second-order valence-electron chi connectivity index (χ2n) is 3.67. The first kappa shape index (κ1) is 13.2. The van der Waals surface area contributed by atoms with E-state index < -0.39 is 9.04 Å². The number of rotatable bonds is 6. The van der Waals surface area contributed by atoms with Crippen LogP contribution in [0.25, 0.3) is 0 Å². The molecule has 0 heterocycles. The van der Waals surface area contributed by atoms with E-state index in [0.29, 0.717) is 5.75 Å². The lowest BCUT2D eigenvalue weighted by Gasteiger charge is -2.22. The molecular weight excluding hydrogens is 220 g/mol. The van der Waals surface area contributed by atoms with Crippen LogP contribution in [0.4, 0.5) is 0 Å². The highest BCUT2D eigenvalue weighted by atomic mass is 28.3. The van der Waals surface area contributed by atoms with Gasteiger partial charge in [-0.15, -0.1) is 0 Å². The molecule has 1 aromatic carbocycles. The molecule has 90 valence electrons. The van der Waals surface area contributed by atoms with Crippen molar-refractivity contribution in [3.05, 3.63) is 24.3 Å². The first-order valence-corrected chi connectivity index (χ1v) is 7.55. The van der Waals surface area contributed by atoms with Crippen molar-refractivity contribution in [3.63, 3.8) is 0 Å². The third kappa shape index (κ3) is 3.33. The summed E-state index contributed by atoms with van der Waals surface area (Å²) in [5.74, 6) is 0.340. The molecule has 1 aromatic rings. The molecule has 0 amide bonds. The molecule has 3 nitrogen and oxygen atoms in total. The van der Waals surface area contributed by atoms with E-state index in [1.54, 1.807) is 13.2 Å². The number of ether oxygens (including phenoxy) is 1.